The molecule has 1 amide bonds. The fourth-order valence-corrected chi connectivity index (χ4v) is 3.48. The minimum absolute atomic E-state index is 0.0259. The van der Waals surface area contributed by atoms with Crippen molar-refractivity contribution in [3.8, 4) is 0 Å². The lowest BCUT2D eigenvalue weighted by molar-refractivity contribution is -0.148. The molecule has 5 nitrogen and oxygen atoms in total. The number of halogens is 1. The number of amides is 1. The van der Waals surface area contributed by atoms with Crippen LogP contribution in [0.5, 0.6) is 0 Å². The number of hydrogen-bond acceptors (Lipinski definition) is 4. The zero-order valence-electron chi connectivity index (χ0n) is 15.4. The zero-order valence-corrected chi connectivity index (χ0v) is 16.2. The maximum atomic E-state index is 12.1. The minimum atomic E-state index is -0.568. The number of nitrogens with one attached hydrogen (secondary N) is 1. The quantitative estimate of drug-likeness (QED) is 0.563. The van der Waals surface area contributed by atoms with E-state index in [-0.39, 0.29) is 37.2 Å². The largest absolute Gasteiger partial charge is 0.456 e. The summed E-state index contributed by atoms with van der Waals surface area (Å²) in [5.41, 5.74) is 2.87. The summed E-state index contributed by atoms with van der Waals surface area (Å²) in [5, 5.41) is 3.47. The standard InChI is InChI=1S/C22H22ClNO4/c23-17-10-8-16(9-11-17)20(25)12-13-22(27)28-14-21(26)24-19-7-3-5-15-4-1-2-6-18(15)19/h1-2,4,6,8-11,19H,3,5,7,12-14H2,(H,24,26)/t19-/m0/s1. The highest BCUT2D eigenvalue weighted by Crippen LogP contribution is 2.29. The molecule has 1 atom stereocenters. The van der Waals surface area contributed by atoms with E-state index in [4.69, 9.17) is 16.3 Å². The second-order valence-electron chi connectivity index (χ2n) is 6.80. The molecule has 1 aliphatic rings. The lowest BCUT2D eigenvalue weighted by atomic mass is 9.88. The summed E-state index contributed by atoms with van der Waals surface area (Å²) in [6.45, 7) is -0.341. The topological polar surface area (TPSA) is 72.5 Å². The van der Waals surface area contributed by atoms with Crippen molar-refractivity contribution in [1.29, 1.82) is 0 Å². The van der Waals surface area contributed by atoms with Crippen molar-refractivity contribution in [2.45, 2.75) is 38.1 Å². The fourth-order valence-electron chi connectivity index (χ4n) is 3.35. The van der Waals surface area contributed by atoms with Gasteiger partial charge in [0, 0.05) is 17.0 Å². The van der Waals surface area contributed by atoms with Crippen LogP contribution < -0.4 is 5.32 Å². The van der Waals surface area contributed by atoms with Gasteiger partial charge in [-0.25, -0.2) is 0 Å². The highest BCUT2D eigenvalue weighted by atomic mass is 35.5. The van der Waals surface area contributed by atoms with E-state index < -0.39 is 5.97 Å². The monoisotopic (exact) mass is 399 g/mol. The summed E-state index contributed by atoms with van der Waals surface area (Å²) in [4.78, 5) is 36.0. The van der Waals surface area contributed by atoms with Crippen LogP contribution in [0.3, 0.4) is 0 Å². The molecule has 3 rings (SSSR count). The lowest BCUT2D eigenvalue weighted by Gasteiger charge is -2.26. The van der Waals surface area contributed by atoms with Crippen molar-refractivity contribution in [3.63, 3.8) is 0 Å². The molecule has 0 aromatic heterocycles. The van der Waals surface area contributed by atoms with Crippen molar-refractivity contribution >= 4 is 29.3 Å². The van der Waals surface area contributed by atoms with E-state index in [9.17, 15) is 14.4 Å². The summed E-state index contributed by atoms with van der Waals surface area (Å²) in [5.74, 6) is -1.07. The Kier molecular flexibility index (Phi) is 6.82. The molecule has 0 unspecified atom stereocenters. The Hall–Kier alpha value is -2.66. The van der Waals surface area contributed by atoms with E-state index in [1.165, 1.54) is 5.56 Å². The number of ketones is 1. The molecule has 2 aromatic rings. The summed E-state index contributed by atoms with van der Waals surface area (Å²) >= 11 is 5.79. The van der Waals surface area contributed by atoms with Gasteiger partial charge in [0.25, 0.3) is 5.91 Å². The van der Waals surface area contributed by atoms with E-state index in [2.05, 4.69) is 11.4 Å². The molecular weight excluding hydrogens is 378 g/mol. The van der Waals surface area contributed by atoms with Gasteiger partial charge in [-0.1, -0.05) is 35.9 Å². The summed E-state index contributed by atoms with van der Waals surface area (Å²) in [6, 6.07) is 14.5. The van der Waals surface area contributed by atoms with Crippen molar-refractivity contribution in [3.05, 3.63) is 70.2 Å². The van der Waals surface area contributed by atoms with Gasteiger partial charge in [-0.2, -0.15) is 0 Å². The van der Waals surface area contributed by atoms with Crippen molar-refractivity contribution in [2.75, 3.05) is 6.61 Å². The number of rotatable bonds is 7. The van der Waals surface area contributed by atoms with Crippen LogP contribution in [0.1, 0.15) is 53.2 Å². The molecule has 146 valence electrons. The molecule has 0 fully saturated rings. The number of ether oxygens (including phenoxy) is 1. The average molecular weight is 400 g/mol. The van der Waals surface area contributed by atoms with Crippen molar-refractivity contribution in [1.82, 2.24) is 5.32 Å². The number of carbonyl (C=O) groups is 3. The number of fused-ring (bicyclic) bond motifs is 1. The predicted octanol–water partition coefficient (Wildman–Crippen LogP) is 4.04. The zero-order chi connectivity index (χ0) is 19.9. The van der Waals surface area contributed by atoms with Crippen LogP contribution in [0.25, 0.3) is 0 Å². The van der Waals surface area contributed by atoms with E-state index >= 15 is 0 Å². The van der Waals surface area contributed by atoms with Crippen LogP contribution >= 0.6 is 11.6 Å². The van der Waals surface area contributed by atoms with Crippen LogP contribution in [-0.4, -0.2) is 24.3 Å². The Labute approximate surface area is 169 Å². The third-order valence-corrected chi connectivity index (χ3v) is 5.04. The van der Waals surface area contributed by atoms with E-state index in [1.54, 1.807) is 24.3 Å². The summed E-state index contributed by atoms with van der Waals surface area (Å²) < 4.78 is 5.01. The van der Waals surface area contributed by atoms with Gasteiger partial charge in [0.05, 0.1) is 12.5 Å². The van der Waals surface area contributed by atoms with Crippen LogP contribution in [-0.2, 0) is 20.7 Å². The molecule has 0 aliphatic heterocycles. The first-order chi connectivity index (χ1) is 13.5. The second-order valence-corrected chi connectivity index (χ2v) is 7.24. The molecular formula is C22H22ClNO4. The van der Waals surface area contributed by atoms with Gasteiger partial charge >= 0.3 is 5.97 Å². The van der Waals surface area contributed by atoms with Gasteiger partial charge < -0.3 is 10.1 Å². The SMILES string of the molecule is O=C(COC(=O)CCC(=O)c1ccc(Cl)cc1)N[C@H]1CCCc2ccccc21. The van der Waals surface area contributed by atoms with E-state index in [0.29, 0.717) is 10.6 Å². The Morgan fingerprint density at radius 2 is 1.79 bits per heavy atom. The lowest BCUT2D eigenvalue weighted by Crippen LogP contribution is -2.34. The van der Waals surface area contributed by atoms with Gasteiger partial charge in [-0.3, -0.25) is 14.4 Å². The maximum absolute atomic E-state index is 12.1. The maximum Gasteiger partial charge on any atom is 0.306 e. The molecule has 1 N–H and O–H groups in total. The Morgan fingerprint density at radius 3 is 2.57 bits per heavy atom. The first kappa shape index (κ1) is 20.1. The molecule has 28 heavy (non-hydrogen) atoms. The van der Waals surface area contributed by atoms with Gasteiger partial charge in [-0.05, 0) is 54.7 Å². The highest BCUT2D eigenvalue weighted by Gasteiger charge is 2.21. The van der Waals surface area contributed by atoms with E-state index in [1.807, 2.05) is 18.2 Å². The molecule has 6 heteroatoms. The Bertz CT molecular complexity index is 863. The first-order valence-corrected chi connectivity index (χ1v) is 9.72. The van der Waals surface area contributed by atoms with Crippen molar-refractivity contribution in [2.24, 2.45) is 0 Å². The van der Waals surface area contributed by atoms with Crippen LogP contribution in [0.15, 0.2) is 48.5 Å². The number of carbonyl (C=O) groups excluding carboxylic acids is 3. The van der Waals surface area contributed by atoms with Gasteiger partial charge in [-0.15, -0.1) is 0 Å². The predicted molar refractivity (Wildman–Crippen MR) is 106 cm³/mol. The number of esters is 1. The molecule has 0 heterocycles. The third-order valence-electron chi connectivity index (χ3n) is 4.79. The Morgan fingerprint density at radius 1 is 1.04 bits per heavy atom. The van der Waals surface area contributed by atoms with Gasteiger partial charge in [0.1, 0.15) is 0 Å². The normalized spacial score (nSPS) is 15.4. The van der Waals surface area contributed by atoms with Crippen molar-refractivity contribution < 1.29 is 19.1 Å². The molecule has 1 aliphatic carbocycles. The minimum Gasteiger partial charge on any atom is -0.456 e. The highest BCUT2D eigenvalue weighted by molar-refractivity contribution is 6.30. The molecule has 0 spiro atoms. The van der Waals surface area contributed by atoms with Crippen LogP contribution in [0, 0.1) is 0 Å². The molecule has 0 saturated carbocycles. The Balaban J connectivity index is 1.42. The van der Waals surface area contributed by atoms with Gasteiger partial charge in [0.15, 0.2) is 12.4 Å². The molecule has 0 radical (unpaired) electrons. The summed E-state index contributed by atoms with van der Waals surface area (Å²) in [6.07, 6.45) is 2.85. The number of Topliss-reactive ketones (excluding diaryl/α,β-unsaturated/α-hetero) is 1. The number of hydrogen-bond donors (Lipinski definition) is 1. The summed E-state index contributed by atoms with van der Waals surface area (Å²) in [7, 11) is 0. The smallest absolute Gasteiger partial charge is 0.306 e. The average Bonchev–Trinajstić information content (AvgIpc) is 2.71. The molecule has 0 bridgehead atoms. The van der Waals surface area contributed by atoms with Crippen LogP contribution in [0.2, 0.25) is 5.02 Å². The molecule has 2 aromatic carbocycles. The van der Waals surface area contributed by atoms with Crippen LogP contribution in [0.4, 0.5) is 0 Å². The van der Waals surface area contributed by atoms with Gasteiger partial charge in [0.2, 0.25) is 0 Å². The fraction of sp³-hybridized carbons (Fsp3) is 0.318. The second kappa shape index (κ2) is 9.51. The first-order valence-electron chi connectivity index (χ1n) is 9.34. The third kappa shape index (κ3) is 5.42. The molecule has 0 saturated heterocycles. The van der Waals surface area contributed by atoms with E-state index in [0.717, 1.165) is 24.8 Å². The number of aryl methyl sites for hydroxylation is 1. The number of benzene rings is 2.